The molecule has 1 aromatic heterocycles. The first kappa shape index (κ1) is 16.0. The molecule has 4 aromatic rings. The Balaban J connectivity index is 2.09. The molecule has 0 aliphatic rings. The molecule has 124 valence electrons. The van der Waals surface area contributed by atoms with Gasteiger partial charge < -0.3 is 9.15 Å². The maximum Gasteiger partial charge on any atom is 0.228 e. The second-order valence-corrected chi connectivity index (χ2v) is 6.44. The minimum atomic E-state index is -0.197. The van der Waals surface area contributed by atoms with Gasteiger partial charge in [0, 0.05) is 26.2 Å². The molecule has 0 aliphatic carbocycles. The highest BCUT2D eigenvalue weighted by molar-refractivity contribution is 6.35. The van der Waals surface area contributed by atoms with Gasteiger partial charge >= 0.3 is 0 Å². The molecule has 0 saturated heterocycles. The number of rotatable bonds is 2. The van der Waals surface area contributed by atoms with E-state index in [2.05, 4.69) is 0 Å². The van der Waals surface area contributed by atoms with E-state index in [0.29, 0.717) is 32.3 Å². The molecule has 0 N–H and O–H groups in total. The lowest BCUT2D eigenvalue weighted by atomic mass is 10.0. The third-order valence-corrected chi connectivity index (χ3v) is 4.68. The van der Waals surface area contributed by atoms with Crippen molar-refractivity contribution in [1.29, 1.82) is 0 Å². The molecule has 25 heavy (non-hydrogen) atoms. The average Bonchev–Trinajstić information content (AvgIpc) is 2.61. The topological polar surface area (TPSA) is 39.4 Å². The molecule has 0 bridgehead atoms. The van der Waals surface area contributed by atoms with Gasteiger partial charge in [0.1, 0.15) is 11.3 Å². The van der Waals surface area contributed by atoms with Crippen LogP contribution in [0.15, 0.2) is 57.7 Å². The zero-order valence-corrected chi connectivity index (χ0v) is 14.7. The molecule has 0 saturated carbocycles. The minimum Gasteiger partial charge on any atom is -0.496 e. The van der Waals surface area contributed by atoms with Crippen molar-refractivity contribution in [2.24, 2.45) is 0 Å². The first-order valence-corrected chi connectivity index (χ1v) is 8.33. The molecule has 0 radical (unpaired) electrons. The SMILES string of the molecule is COc1ccc2c(=O)c(=Cc3ccc(Cl)cc3Cl)oc3cccc1c32. The van der Waals surface area contributed by atoms with Crippen molar-refractivity contribution < 1.29 is 9.15 Å². The first-order valence-electron chi connectivity index (χ1n) is 7.57. The van der Waals surface area contributed by atoms with Crippen LogP contribution in [-0.4, -0.2) is 7.11 Å². The van der Waals surface area contributed by atoms with Crippen LogP contribution >= 0.6 is 23.2 Å². The van der Waals surface area contributed by atoms with E-state index in [1.807, 2.05) is 18.2 Å². The summed E-state index contributed by atoms with van der Waals surface area (Å²) in [6, 6.07) is 14.2. The Morgan fingerprint density at radius 1 is 1.04 bits per heavy atom. The lowest BCUT2D eigenvalue weighted by molar-refractivity contribution is 0.420. The van der Waals surface area contributed by atoms with Crippen molar-refractivity contribution >= 4 is 51.0 Å². The second-order valence-electron chi connectivity index (χ2n) is 5.60. The van der Waals surface area contributed by atoms with Crippen molar-refractivity contribution in [3.05, 3.63) is 79.8 Å². The molecule has 4 rings (SSSR count). The van der Waals surface area contributed by atoms with Crippen LogP contribution in [0.1, 0.15) is 5.56 Å². The van der Waals surface area contributed by atoms with Gasteiger partial charge in [-0.2, -0.15) is 0 Å². The van der Waals surface area contributed by atoms with E-state index in [-0.39, 0.29) is 10.8 Å². The first-order chi connectivity index (χ1) is 12.1. The van der Waals surface area contributed by atoms with E-state index in [9.17, 15) is 4.79 Å². The monoisotopic (exact) mass is 370 g/mol. The third-order valence-electron chi connectivity index (χ3n) is 4.12. The van der Waals surface area contributed by atoms with Gasteiger partial charge in [-0.15, -0.1) is 0 Å². The summed E-state index contributed by atoms with van der Waals surface area (Å²) in [5.41, 5.74) is 1.30. The summed E-state index contributed by atoms with van der Waals surface area (Å²) < 4.78 is 11.2. The molecule has 0 spiro atoms. The summed E-state index contributed by atoms with van der Waals surface area (Å²) in [4.78, 5) is 12.9. The molecule has 0 aliphatic heterocycles. The Kier molecular flexibility index (Phi) is 3.91. The quantitative estimate of drug-likeness (QED) is 0.508. The van der Waals surface area contributed by atoms with Crippen LogP contribution in [-0.2, 0) is 0 Å². The van der Waals surface area contributed by atoms with Crippen LogP contribution in [0.5, 0.6) is 5.75 Å². The van der Waals surface area contributed by atoms with Gasteiger partial charge in [0.2, 0.25) is 5.43 Å². The standard InChI is InChI=1S/C20H12Cl2O3/c1-24-16-8-7-14-19-13(16)3-2-4-17(19)25-18(20(14)23)9-11-5-6-12(21)10-15(11)22/h2-10H,1H3. The minimum absolute atomic E-state index is 0.197. The summed E-state index contributed by atoms with van der Waals surface area (Å²) in [6.45, 7) is 0. The fourth-order valence-electron chi connectivity index (χ4n) is 2.95. The summed E-state index contributed by atoms with van der Waals surface area (Å²) in [5.74, 6) is 0.699. The highest BCUT2D eigenvalue weighted by Gasteiger charge is 2.12. The smallest absolute Gasteiger partial charge is 0.228 e. The number of hydrogen-bond acceptors (Lipinski definition) is 3. The highest BCUT2D eigenvalue weighted by atomic mass is 35.5. The van der Waals surface area contributed by atoms with Gasteiger partial charge in [-0.3, -0.25) is 4.79 Å². The fourth-order valence-corrected chi connectivity index (χ4v) is 3.41. The van der Waals surface area contributed by atoms with Gasteiger partial charge in [-0.25, -0.2) is 0 Å². The van der Waals surface area contributed by atoms with Crippen molar-refractivity contribution in [3.8, 4) is 5.75 Å². The third kappa shape index (κ3) is 2.66. The largest absolute Gasteiger partial charge is 0.496 e. The number of halogens is 2. The highest BCUT2D eigenvalue weighted by Crippen LogP contribution is 2.31. The molecule has 0 fully saturated rings. The number of methoxy groups -OCH3 is 1. The van der Waals surface area contributed by atoms with E-state index in [1.165, 1.54) is 0 Å². The van der Waals surface area contributed by atoms with E-state index in [0.717, 1.165) is 10.8 Å². The zero-order valence-electron chi connectivity index (χ0n) is 13.2. The summed E-state index contributed by atoms with van der Waals surface area (Å²) in [7, 11) is 1.60. The van der Waals surface area contributed by atoms with Crippen LogP contribution in [0.3, 0.4) is 0 Å². The van der Waals surface area contributed by atoms with Gasteiger partial charge in [0.05, 0.1) is 7.11 Å². The van der Waals surface area contributed by atoms with Crippen LogP contribution in [0.4, 0.5) is 0 Å². The molecule has 0 amide bonds. The Hall–Kier alpha value is -2.49. The second kappa shape index (κ2) is 6.10. The van der Waals surface area contributed by atoms with Gasteiger partial charge in [0.25, 0.3) is 0 Å². The number of ether oxygens (including phenoxy) is 1. The summed E-state index contributed by atoms with van der Waals surface area (Å²) in [6.07, 6.45) is 1.63. The molecule has 0 unspecified atom stereocenters. The maximum absolute atomic E-state index is 12.9. The predicted octanol–water partition coefficient (Wildman–Crippen LogP) is 4.81. The van der Waals surface area contributed by atoms with E-state index in [4.69, 9.17) is 32.4 Å². The van der Waals surface area contributed by atoms with Gasteiger partial charge in [-0.05, 0) is 42.0 Å². The van der Waals surface area contributed by atoms with Crippen molar-refractivity contribution in [2.75, 3.05) is 7.11 Å². The number of hydrogen-bond donors (Lipinski definition) is 0. The molecule has 3 aromatic carbocycles. The van der Waals surface area contributed by atoms with Crippen molar-refractivity contribution in [2.45, 2.75) is 0 Å². The van der Waals surface area contributed by atoms with E-state index in [1.54, 1.807) is 43.5 Å². The summed E-state index contributed by atoms with van der Waals surface area (Å²) >= 11 is 12.1. The molecular formula is C20H12Cl2O3. The Bertz CT molecular complexity index is 1230. The molecule has 1 heterocycles. The van der Waals surface area contributed by atoms with Crippen LogP contribution < -0.4 is 15.6 Å². The molecule has 0 atom stereocenters. The predicted molar refractivity (Wildman–Crippen MR) is 102 cm³/mol. The molecule has 5 heteroatoms. The fraction of sp³-hybridized carbons (Fsp3) is 0.0500. The average molecular weight is 371 g/mol. The number of benzene rings is 3. The van der Waals surface area contributed by atoms with E-state index < -0.39 is 0 Å². The maximum atomic E-state index is 12.9. The van der Waals surface area contributed by atoms with Crippen molar-refractivity contribution in [1.82, 2.24) is 0 Å². The van der Waals surface area contributed by atoms with Gasteiger partial charge in [-0.1, -0.05) is 41.4 Å². The Morgan fingerprint density at radius 2 is 1.88 bits per heavy atom. The van der Waals surface area contributed by atoms with Crippen LogP contribution in [0.25, 0.3) is 27.8 Å². The summed E-state index contributed by atoms with van der Waals surface area (Å²) in [5, 5.41) is 3.16. The van der Waals surface area contributed by atoms with Crippen LogP contribution in [0.2, 0.25) is 10.0 Å². The molecule has 3 nitrogen and oxygen atoms in total. The Morgan fingerprint density at radius 3 is 2.64 bits per heavy atom. The normalized spacial score (nSPS) is 12.2. The van der Waals surface area contributed by atoms with Crippen LogP contribution in [0, 0.1) is 0 Å². The lowest BCUT2D eigenvalue weighted by Gasteiger charge is -2.08. The lowest BCUT2D eigenvalue weighted by Crippen LogP contribution is -2.24. The zero-order chi connectivity index (χ0) is 17.6. The van der Waals surface area contributed by atoms with Crippen molar-refractivity contribution in [3.63, 3.8) is 0 Å². The van der Waals surface area contributed by atoms with E-state index >= 15 is 0 Å². The van der Waals surface area contributed by atoms with Gasteiger partial charge in [0.15, 0.2) is 5.42 Å². The molecular weight excluding hydrogens is 359 g/mol. The Labute approximate surface area is 153 Å².